The van der Waals surface area contributed by atoms with Gasteiger partial charge in [-0.05, 0) is 60.4 Å². The minimum Gasteiger partial charge on any atom is -0.346 e. The molecule has 0 aliphatic carbocycles. The molecule has 31 heavy (non-hydrogen) atoms. The molecule has 1 aromatic heterocycles. The van der Waals surface area contributed by atoms with Gasteiger partial charge in [0.15, 0.2) is 0 Å². The van der Waals surface area contributed by atoms with Crippen LogP contribution in [0.2, 0.25) is 0 Å². The average molecular weight is 433 g/mol. The molecule has 3 rings (SSSR count). The van der Waals surface area contributed by atoms with Gasteiger partial charge in [0.1, 0.15) is 5.82 Å². The number of hydrogen-bond donors (Lipinski definition) is 0. The van der Waals surface area contributed by atoms with E-state index in [9.17, 15) is 17.6 Å². The van der Waals surface area contributed by atoms with Gasteiger partial charge in [0.2, 0.25) is 0 Å². The molecule has 0 fully saturated rings. The Morgan fingerprint density at radius 1 is 0.871 bits per heavy atom. The largest absolute Gasteiger partial charge is 0.416 e. The Morgan fingerprint density at radius 2 is 1.58 bits per heavy atom. The highest BCUT2D eigenvalue weighted by molar-refractivity contribution is 5.26. The molecule has 1 heterocycles. The van der Waals surface area contributed by atoms with Crippen molar-refractivity contribution in [1.29, 1.82) is 0 Å². The number of halogens is 4. The molecule has 6 heteroatoms. The Bertz CT molecular complexity index is 991. The molecule has 2 aromatic carbocycles. The van der Waals surface area contributed by atoms with Gasteiger partial charge in [-0.25, -0.2) is 4.39 Å². The van der Waals surface area contributed by atoms with Crippen molar-refractivity contribution in [3.63, 3.8) is 0 Å². The maximum absolute atomic E-state index is 13.7. The van der Waals surface area contributed by atoms with Gasteiger partial charge in [0, 0.05) is 37.6 Å². The van der Waals surface area contributed by atoms with Crippen LogP contribution in [0.15, 0.2) is 66.9 Å². The molecule has 0 saturated carbocycles. The molecule has 1 atom stereocenters. The van der Waals surface area contributed by atoms with E-state index in [0.717, 1.165) is 17.3 Å². The second kappa shape index (κ2) is 9.69. The zero-order chi connectivity index (χ0) is 22.6. The van der Waals surface area contributed by atoms with Crippen LogP contribution in [-0.4, -0.2) is 15.5 Å². The Morgan fingerprint density at radius 3 is 2.26 bits per heavy atom. The first-order valence-corrected chi connectivity index (χ1v) is 10.4. The van der Waals surface area contributed by atoms with Crippen molar-refractivity contribution in [3.8, 4) is 0 Å². The fourth-order valence-corrected chi connectivity index (χ4v) is 3.63. The van der Waals surface area contributed by atoms with Gasteiger partial charge in [-0.1, -0.05) is 38.1 Å². The van der Waals surface area contributed by atoms with Crippen molar-refractivity contribution in [2.75, 3.05) is 0 Å². The summed E-state index contributed by atoms with van der Waals surface area (Å²) in [5.41, 5.74) is 1.85. The Labute approximate surface area is 181 Å². The van der Waals surface area contributed by atoms with Crippen molar-refractivity contribution in [2.24, 2.45) is 5.92 Å². The number of nitrogens with zero attached hydrogens (tertiary/aromatic N) is 2. The second-order valence-electron chi connectivity index (χ2n) is 8.35. The summed E-state index contributed by atoms with van der Waals surface area (Å²) in [6.45, 7) is 7.99. The lowest BCUT2D eigenvalue weighted by Crippen LogP contribution is -2.36. The third-order valence-electron chi connectivity index (χ3n) is 5.71. The van der Waals surface area contributed by atoms with Crippen LogP contribution in [0.1, 0.15) is 43.2 Å². The van der Waals surface area contributed by atoms with Crippen molar-refractivity contribution < 1.29 is 17.6 Å². The summed E-state index contributed by atoms with van der Waals surface area (Å²) in [6, 6.07) is 16.2. The number of alkyl halides is 3. The van der Waals surface area contributed by atoms with E-state index in [1.807, 2.05) is 29.0 Å². The summed E-state index contributed by atoms with van der Waals surface area (Å²) in [5, 5.41) is 0. The molecule has 166 valence electrons. The van der Waals surface area contributed by atoms with Gasteiger partial charge in [-0.15, -0.1) is 0 Å². The van der Waals surface area contributed by atoms with Crippen LogP contribution < -0.4 is 0 Å². The minimum absolute atomic E-state index is 0.236. The van der Waals surface area contributed by atoms with Gasteiger partial charge >= 0.3 is 6.18 Å². The van der Waals surface area contributed by atoms with Crippen LogP contribution >= 0.6 is 0 Å². The molecule has 3 aromatic rings. The second-order valence-corrected chi connectivity index (χ2v) is 8.35. The Kier molecular flexibility index (Phi) is 7.21. The minimum atomic E-state index is -4.36. The Hall–Kier alpha value is -2.60. The van der Waals surface area contributed by atoms with Crippen LogP contribution in [0, 0.1) is 11.7 Å². The summed E-state index contributed by atoms with van der Waals surface area (Å²) < 4.78 is 54.8. The first-order valence-electron chi connectivity index (χ1n) is 10.4. The van der Waals surface area contributed by atoms with E-state index in [4.69, 9.17) is 0 Å². The molecule has 0 radical (unpaired) electrons. The number of rotatable bonds is 8. The molecular weight excluding hydrogens is 404 g/mol. The first-order chi connectivity index (χ1) is 14.6. The van der Waals surface area contributed by atoms with Gasteiger partial charge in [-0.3, -0.25) is 4.90 Å². The normalized spacial score (nSPS) is 13.2. The SMILES string of the molecule is CC(C)[C@@H](C)N(Cc1cccc(F)c1)Cc1cccn1Cc1cccc(C(F)(F)F)c1. The number of aromatic nitrogens is 1. The van der Waals surface area contributed by atoms with E-state index in [2.05, 4.69) is 25.7 Å². The molecule has 0 bridgehead atoms. The van der Waals surface area contributed by atoms with Gasteiger partial charge in [0.05, 0.1) is 5.56 Å². The van der Waals surface area contributed by atoms with E-state index in [-0.39, 0.29) is 11.9 Å². The first kappa shape index (κ1) is 23.1. The maximum atomic E-state index is 13.7. The number of hydrogen-bond acceptors (Lipinski definition) is 1. The zero-order valence-electron chi connectivity index (χ0n) is 18.0. The van der Waals surface area contributed by atoms with Gasteiger partial charge < -0.3 is 4.57 Å². The highest BCUT2D eigenvalue weighted by Crippen LogP contribution is 2.30. The molecule has 0 aliphatic rings. The van der Waals surface area contributed by atoms with E-state index in [1.54, 1.807) is 18.2 Å². The summed E-state index contributed by atoms with van der Waals surface area (Å²) in [4.78, 5) is 2.28. The molecule has 0 amide bonds. The Balaban J connectivity index is 1.81. The van der Waals surface area contributed by atoms with Crippen LogP contribution in [-0.2, 0) is 25.8 Å². The highest BCUT2D eigenvalue weighted by atomic mass is 19.4. The molecule has 0 N–H and O–H groups in total. The maximum Gasteiger partial charge on any atom is 0.416 e. The lowest BCUT2D eigenvalue weighted by atomic mass is 10.0. The summed E-state index contributed by atoms with van der Waals surface area (Å²) in [7, 11) is 0. The van der Waals surface area contributed by atoms with Crippen LogP contribution in [0.25, 0.3) is 0 Å². The fourth-order valence-electron chi connectivity index (χ4n) is 3.63. The molecule has 2 nitrogen and oxygen atoms in total. The lowest BCUT2D eigenvalue weighted by Gasteiger charge is -2.32. The average Bonchev–Trinajstić information content (AvgIpc) is 3.13. The number of benzene rings is 2. The van der Waals surface area contributed by atoms with Crippen LogP contribution in [0.5, 0.6) is 0 Å². The van der Waals surface area contributed by atoms with Gasteiger partial charge in [-0.2, -0.15) is 13.2 Å². The third-order valence-corrected chi connectivity index (χ3v) is 5.71. The summed E-state index contributed by atoms with van der Waals surface area (Å²) in [6.07, 6.45) is -2.47. The van der Waals surface area contributed by atoms with E-state index >= 15 is 0 Å². The van der Waals surface area contributed by atoms with Crippen molar-refractivity contribution >= 4 is 0 Å². The highest BCUT2D eigenvalue weighted by Gasteiger charge is 2.30. The summed E-state index contributed by atoms with van der Waals surface area (Å²) in [5.74, 6) is 0.128. The predicted octanol–water partition coefficient (Wildman–Crippen LogP) is 6.74. The van der Waals surface area contributed by atoms with E-state index < -0.39 is 11.7 Å². The lowest BCUT2D eigenvalue weighted by molar-refractivity contribution is -0.137. The fraction of sp³-hybridized carbons (Fsp3) is 0.360. The molecule has 0 aliphatic heterocycles. The smallest absolute Gasteiger partial charge is 0.346 e. The van der Waals surface area contributed by atoms with Gasteiger partial charge in [0.25, 0.3) is 0 Å². The topological polar surface area (TPSA) is 8.17 Å². The third kappa shape index (κ3) is 6.20. The van der Waals surface area contributed by atoms with Crippen molar-refractivity contribution in [1.82, 2.24) is 9.47 Å². The van der Waals surface area contributed by atoms with E-state index in [0.29, 0.717) is 31.1 Å². The quantitative estimate of drug-likeness (QED) is 0.358. The zero-order valence-corrected chi connectivity index (χ0v) is 18.0. The molecule has 0 spiro atoms. The summed E-state index contributed by atoms with van der Waals surface area (Å²) >= 11 is 0. The van der Waals surface area contributed by atoms with Crippen LogP contribution in [0.4, 0.5) is 17.6 Å². The van der Waals surface area contributed by atoms with E-state index in [1.165, 1.54) is 18.2 Å². The molecular formula is C25H28F4N2. The monoisotopic (exact) mass is 432 g/mol. The van der Waals surface area contributed by atoms with Crippen LogP contribution in [0.3, 0.4) is 0 Å². The van der Waals surface area contributed by atoms with Crippen molar-refractivity contribution in [3.05, 3.63) is 95.1 Å². The predicted molar refractivity (Wildman–Crippen MR) is 115 cm³/mol. The molecule has 0 unspecified atom stereocenters. The standard InChI is InChI=1S/C25H28F4N2/c1-18(2)19(3)31(16-21-8-5-10-23(26)14-21)17-24-11-6-12-30(24)15-20-7-4-9-22(13-20)25(27,28)29/h4-14,18-19H,15-17H2,1-3H3/t19-/m1/s1. The van der Waals surface area contributed by atoms with Crippen molar-refractivity contribution in [2.45, 2.75) is 52.6 Å². The molecule has 0 saturated heterocycles.